The quantitative estimate of drug-likeness (QED) is 0.259. The van der Waals surface area contributed by atoms with Gasteiger partial charge < -0.3 is 10.6 Å². The Kier molecular flexibility index (Phi) is 8.20. The van der Waals surface area contributed by atoms with Gasteiger partial charge in [-0.25, -0.2) is 9.97 Å². The highest BCUT2D eigenvalue weighted by atomic mass is 32.2. The Morgan fingerprint density at radius 2 is 1.09 bits per heavy atom. The first-order valence-electron chi connectivity index (χ1n) is 10.3. The molecule has 10 heteroatoms. The summed E-state index contributed by atoms with van der Waals surface area (Å²) < 4.78 is 0. The summed E-state index contributed by atoms with van der Waals surface area (Å²) in [4.78, 5) is 42.8. The van der Waals surface area contributed by atoms with E-state index in [1.807, 2.05) is 48.5 Å². The summed E-state index contributed by atoms with van der Waals surface area (Å²) in [5.74, 6) is 0.996. The molecule has 0 bridgehead atoms. The summed E-state index contributed by atoms with van der Waals surface area (Å²) in [7, 11) is 0. The molecule has 2 aromatic carbocycles. The molecule has 2 N–H and O–H groups in total. The number of nitrogens with zero attached hydrogens (tertiary/aromatic N) is 4. The zero-order valence-electron chi connectivity index (χ0n) is 17.9. The minimum Gasteiger partial charge on any atom is -0.320 e. The monoisotopic (exact) mass is 488 g/mol. The first-order chi connectivity index (χ1) is 16.7. The van der Waals surface area contributed by atoms with E-state index < -0.39 is 0 Å². The largest absolute Gasteiger partial charge is 0.320 e. The van der Waals surface area contributed by atoms with Crippen molar-refractivity contribution in [2.75, 3.05) is 22.1 Å². The Balaban J connectivity index is 1.33. The Bertz CT molecular complexity index is 1160. The highest BCUT2D eigenvalue weighted by Gasteiger charge is 2.12. The van der Waals surface area contributed by atoms with Gasteiger partial charge in [0.25, 0.3) is 11.8 Å². The summed E-state index contributed by atoms with van der Waals surface area (Å²) in [6.45, 7) is 0. The van der Waals surface area contributed by atoms with E-state index in [4.69, 9.17) is 0 Å². The first kappa shape index (κ1) is 23.4. The van der Waals surface area contributed by atoms with Crippen LogP contribution in [-0.4, -0.2) is 43.3 Å². The molecule has 0 aliphatic heterocycles. The second kappa shape index (κ2) is 11.9. The number of hydrogen-bond acceptors (Lipinski definition) is 8. The lowest BCUT2D eigenvalue weighted by Gasteiger charge is -2.12. The van der Waals surface area contributed by atoms with Gasteiger partial charge in [0.1, 0.15) is 11.4 Å². The normalized spacial score (nSPS) is 10.5. The number of aromatic nitrogens is 4. The van der Waals surface area contributed by atoms with Gasteiger partial charge in [0.15, 0.2) is 0 Å². The average Bonchev–Trinajstić information content (AvgIpc) is 2.89. The van der Waals surface area contributed by atoms with Gasteiger partial charge in [0.05, 0.1) is 23.8 Å². The van der Waals surface area contributed by atoms with Crippen LogP contribution in [0.15, 0.2) is 95.5 Å². The van der Waals surface area contributed by atoms with Crippen molar-refractivity contribution in [3.05, 3.63) is 97.1 Å². The maximum atomic E-state index is 12.4. The number of rotatable bonds is 9. The molecule has 2 aromatic heterocycles. The van der Waals surface area contributed by atoms with E-state index >= 15 is 0 Å². The van der Waals surface area contributed by atoms with Crippen LogP contribution in [0.25, 0.3) is 0 Å². The second-order valence-electron chi connectivity index (χ2n) is 6.78. The first-order valence-corrected chi connectivity index (χ1v) is 12.3. The maximum Gasteiger partial charge on any atom is 0.275 e. The van der Waals surface area contributed by atoms with Gasteiger partial charge in [0.2, 0.25) is 0 Å². The Hall–Kier alpha value is -3.76. The van der Waals surface area contributed by atoms with Crippen LogP contribution >= 0.6 is 23.5 Å². The summed E-state index contributed by atoms with van der Waals surface area (Å²) >= 11 is 3.29. The van der Waals surface area contributed by atoms with Crippen LogP contribution in [0.2, 0.25) is 0 Å². The van der Waals surface area contributed by atoms with Crippen LogP contribution in [0.4, 0.5) is 11.4 Å². The Morgan fingerprint density at radius 1 is 0.647 bits per heavy atom. The van der Waals surface area contributed by atoms with Crippen molar-refractivity contribution in [3.63, 3.8) is 0 Å². The van der Waals surface area contributed by atoms with Crippen molar-refractivity contribution in [3.8, 4) is 0 Å². The van der Waals surface area contributed by atoms with E-state index in [0.29, 0.717) is 0 Å². The highest BCUT2D eigenvalue weighted by Crippen LogP contribution is 2.31. The number of amides is 2. The average molecular weight is 489 g/mol. The summed E-state index contributed by atoms with van der Waals surface area (Å²) in [6, 6.07) is 15.3. The molecule has 8 nitrogen and oxygen atoms in total. The fourth-order valence-corrected chi connectivity index (χ4v) is 4.91. The summed E-state index contributed by atoms with van der Waals surface area (Å²) in [6.07, 6.45) is 8.89. The van der Waals surface area contributed by atoms with Gasteiger partial charge in [-0.15, -0.1) is 23.5 Å². The molecule has 2 heterocycles. The number of para-hydroxylation sites is 2. The summed E-state index contributed by atoms with van der Waals surface area (Å²) in [5.41, 5.74) is 1.98. The third-order valence-corrected chi connectivity index (χ3v) is 6.87. The molecule has 0 radical (unpaired) electrons. The smallest absolute Gasteiger partial charge is 0.275 e. The van der Waals surface area contributed by atoms with Gasteiger partial charge in [0, 0.05) is 46.1 Å². The maximum absolute atomic E-state index is 12.4. The molecule has 34 heavy (non-hydrogen) atoms. The van der Waals surface area contributed by atoms with Crippen molar-refractivity contribution in [1.82, 2.24) is 19.9 Å². The van der Waals surface area contributed by atoms with E-state index in [1.165, 1.54) is 37.2 Å². The lowest BCUT2D eigenvalue weighted by Crippen LogP contribution is -2.14. The van der Waals surface area contributed by atoms with E-state index in [0.717, 1.165) is 32.7 Å². The molecule has 0 saturated heterocycles. The predicted octanol–water partition coefficient (Wildman–Crippen LogP) is 4.66. The zero-order valence-corrected chi connectivity index (χ0v) is 19.6. The van der Waals surface area contributed by atoms with Crippen LogP contribution in [0, 0.1) is 0 Å². The molecule has 4 aromatic rings. The van der Waals surface area contributed by atoms with Crippen molar-refractivity contribution in [2.24, 2.45) is 0 Å². The predicted molar refractivity (Wildman–Crippen MR) is 134 cm³/mol. The molecule has 170 valence electrons. The van der Waals surface area contributed by atoms with Gasteiger partial charge in [-0.3, -0.25) is 19.6 Å². The second-order valence-corrected chi connectivity index (χ2v) is 9.05. The molecule has 0 aliphatic carbocycles. The minimum absolute atomic E-state index is 0.262. The SMILES string of the molecule is O=C(Nc1ccccc1SCCSc1ccccc1NC(=O)c1cnccn1)c1cnccn1. The van der Waals surface area contributed by atoms with Gasteiger partial charge >= 0.3 is 0 Å². The van der Waals surface area contributed by atoms with E-state index in [1.54, 1.807) is 23.5 Å². The standard InChI is InChI=1S/C24H20N6O2S2/c31-23(19-15-25-9-11-27-19)29-17-5-1-3-7-21(17)33-13-14-34-22-8-4-2-6-18(22)30-24(32)20-16-26-10-12-28-20/h1-12,15-16H,13-14H2,(H,29,31)(H,30,32). The van der Waals surface area contributed by atoms with Crippen LogP contribution < -0.4 is 10.6 Å². The molecular weight excluding hydrogens is 468 g/mol. The van der Waals surface area contributed by atoms with E-state index in [2.05, 4.69) is 30.6 Å². The molecule has 0 unspecified atom stereocenters. The van der Waals surface area contributed by atoms with Crippen LogP contribution in [0.3, 0.4) is 0 Å². The van der Waals surface area contributed by atoms with Crippen molar-refractivity contribution >= 4 is 46.7 Å². The highest BCUT2D eigenvalue weighted by molar-refractivity contribution is 8.03. The Labute approximate surface area is 205 Å². The van der Waals surface area contributed by atoms with Crippen LogP contribution in [-0.2, 0) is 0 Å². The molecule has 0 saturated carbocycles. The molecule has 0 atom stereocenters. The molecule has 0 spiro atoms. The van der Waals surface area contributed by atoms with E-state index in [-0.39, 0.29) is 23.2 Å². The number of anilines is 2. The lowest BCUT2D eigenvalue weighted by molar-refractivity contribution is 0.101. The third-order valence-electron chi connectivity index (χ3n) is 4.46. The number of carbonyl (C=O) groups excluding carboxylic acids is 2. The topological polar surface area (TPSA) is 110 Å². The number of benzene rings is 2. The van der Waals surface area contributed by atoms with Crippen molar-refractivity contribution in [1.29, 1.82) is 0 Å². The molecule has 2 amide bonds. The Morgan fingerprint density at radius 3 is 1.50 bits per heavy atom. The summed E-state index contributed by atoms with van der Waals surface area (Å²) in [5, 5.41) is 5.81. The number of nitrogens with one attached hydrogen (secondary N) is 2. The van der Waals surface area contributed by atoms with E-state index in [9.17, 15) is 9.59 Å². The number of thioether (sulfide) groups is 2. The third kappa shape index (κ3) is 6.40. The lowest BCUT2D eigenvalue weighted by atomic mass is 10.3. The van der Waals surface area contributed by atoms with Crippen LogP contribution in [0.1, 0.15) is 21.0 Å². The van der Waals surface area contributed by atoms with Crippen LogP contribution in [0.5, 0.6) is 0 Å². The molecule has 0 aliphatic rings. The number of hydrogen-bond donors (Lipinski definition) is 2. The fourth-order valence-electron chi connectivity index (χ4n) is 2.90. The fraction of sp³-hybridized carbons (Fsp3) is 0.0833. The van der Waals surface area contributed by atoms with Gasteiger partial charge in [-0.05, 0) is 24.3 Å². The molecular formula is C24H20N6O2S2. The van der Waals surface area contributed by atoms with Crippen molar-refractivity contribution < 1.29 is 9.59 Å². The van der Waals surface area contributed by atoms with Gasteiger partial charge in [-0.2, -0.15) is 0 Å². The minimum atomic E-state index is -0.303. The molecule has 0 fully saturated rings. The number of carbonyl (C=O) groups is 2. The van der Waals surface area contributed by atoms with Crippen molar-refractivity contribution in [2.45, 2.75) is 9.79 Å². The zero-order chi connectivity index (χ0) is 23.6. The molecule has 4 rings (SSSR count). The van der Waals surface area contributed by atoms with Gasteiger partial charge in [-0.1, -0.05) is 24.3 Å².